The van der Waals surface area contributed by atoms with E-state index in [0.717, 1.165) is 6.07 Å². The molecule has 0 spiro atoms. The molecule has 0 saturated carbocycles. The summed E-state index contributed by atoms with van der Waals surface area (Å²) in [7, 11) is 0. The number of nitrogens with one attached hydrogen (secondary N) is 2. The third kappa shape index (κ3) is 4.17. The number of benzene rings is 1. The molecule has 0 fully saturated rings. The Labute approximate surface area is 144 Å². The topological polar surface area (TPSA) is 76.7 Å². The predicted molar refractivity (Wildman–Crippen MR) is 86.3 cm³/mol. The number of rotatable bonds is 6. The van der Waals surface area contributed by atoms with Crippen molar-refractivity contribution in [3.8, 4) is 5.75 Å². The van der Waals surface area contributed by atoms with E-state index >= 15 is 0 Å². The fourth-order valence-electron chi connectivity index (χ4n) is 2.32. The van der Waals surface area contributed by atoms with Crippen LogP contribution in [0.15, 0.2) is 29.5 Å². The lowest BCUT2D eigenvalue weighted by molar-refractivity contribution is -0.139. The van der Waals surface area contributed by atoms with Crippen molar-refractivity contribution >= 4 is 23.6 Å². The number of hydrogen-bond acceptors (Lipinski definition) is 4. The molecule has 0 aromatic heterocycles. The van der Waals surface area contributed by atoms with Gasteiger partial charge in [-0.2, -0.15) is 0 Å². The van der Waals surface area contributed by atoms with Crippen LogP contribution in [-0.2, 0) is 9.53 Å². The molecule has 1 aromatic rings. The fourth-order valence-corrected chi connectivity index (χ4v) is 2.54. The Balaban J connectivity index is 2.26. The molecule has 1 aromatic carbocycles. The van der Waals surface area contributed by atoms with Gasteiger partial charge in [-0.3, -0.25) is 0 Å². The quantitative estimate of drug-likeness (QED) is 0.768. The van der Waals surface area contributed by atoms with Crippen LogP contribution in [0.3, 0.4) is 0 Å². The molecule has 2 N–H and O–H groups in total. The molecule has 1 atom stereocenters. The molecular weight excluding hydrogens is 339 g/mol. The maximum Gasteiger partial charge on any atom is 0.338 e. The molecule has 0 saturated heterocycles. The lowest BCUT2D eigenvalue weighted by Crippen LogP contribution is -2.51. The average molecular weight is 357 g/mol. The van der Waals surface area contributed by atoms with Crippen LogP contribution < -0.4 is 15.4 Å². The standard InChI is InChI=1S/C16H18ClFN2O4/c1-3-11-14(15(21)23-4-2)12(20-16(22)19-11)8-24-13-6-5-9(18)7-10(13)17/h5-7,11H,3-4,8H2,1-2H3,(H2,19,20,22)/t11-/m0/s1. The highest BCUT2D eigenvalue weighted by Gasteiger charge is 2.31. The summed E-state index contributed by atoms with van der Waals surface area (Å²) in [5, 5.41) is 5.32. The number of urea groups is 1. The number of esters is 1. The summed E-state index contributed by atoms with van der Waals surface area (Å²) < 4.78 is 23.6. The fraction of sp³-hybridized carbons (Fsp3) is 0.375. The van der Waals surface area contributed by atoms with E-state index in [-0.39, 0.29) is 24.0 Å². The Morgan fingerprint density at radius 1 is 1.38 bits per heavy atom. The van der Waals surface area contributed by atoms with Crippen LogP contribution in [0.1, 0.15) is 20.3 Å². The van der Waals surface area contributed by atoms with Crippen molar-refractivity contribution in [2.45, 2.75) is 26.3 Å². The van der Waals surface area contributed by atoms with E-state index in [2.05, 4.69) is 10.6 Å². The highest BCUT2D eigenvalue weighted by molar-refractivity contribution is 6.32. The molecule has 1 aliphatic heterocycles. The molecule has 1 aliphatic rings. The Hall–Kier alpha value is -2.28. The van der Waals surface area contributed by atoms with Crippen molar-refractivity contribution in [1.82, 2.24) is 10.6 Å². The van der Waals surface area contributed by atoms with Gasteiger partial charge < -0.3 is 20.1 Å². The van der Waals surface area contributed by atoms with Crippen LogP contribution in [-0.4, -0.2) is 31.3 Å². The first-order chi connectivity index (χ1) is 11.5. The summed E-state index contributed by atoms with van der Waals surface area (Å²) in [6.07, 6.45) is 0.516. The van der Waals surface area contributed by atoms with Crippen LogP contribution in [0.2, 0.25) is 5.02 Å². The highest BCUT2D eigenvalue weighted by Crippen LogP contribution is 2.26. The third-order valence-electron chi connectivity index (χ3n) is 3.41. The van der Waals surface area contributed by atoms with Crippen molar-refractivity contribution in [2.75, 3.05) is 13.2 Å². The van der Waals surface area contributed by atoms with Gasteiger partial charge in [0.2, 0.25) is 0 Å². The van der Waals surface area contributed by atoms with Crippen molar-refractivity contribution in [3.63, 3.8) is 0 Å². The third-order valence-corrected chi connectivity index (χ3v) is 3.71. The van der Waals surface area contributed by atoms with Crippen molar-refractivity contribution in [3.05, 3.63) is 40.3 Å². The van der Waals surface area contributed by atoms with Crippen molar-refractivity contribution in [1.29, 1.82) is 0 Å². The number of halogens is 2. The zero-order chi connectivity index (χ0) is 17.7. The molecule has 0 unspecified atom stereocenters. The van der Waals surface area contributed by atoms with E-state index in [0.29, 0.717) is 17.7 Å². The summed E-state index contributed by atoms with van der Waals surface area (Å²) in [6, 6.07) is 2.80. The summed E-state index contributed by atoms with van der Waals surface area (Å²) in [4.78, 5) is 24.0. The van der Waals surface area contributed by atoms with Gasteiger partial charge in [-0.1, -0.05) is 18.5 Å². The molecule has 0 aliphatic carbocycles. The average Bonchev–Trinajstić information content (AvgIpc) is 2.53. The van der Waals surface area contributed by atoms with E-state index < -0.39 is 23.9 Å². The SMILES string of the molecule is CCOC(=O)C1=C(COc2ccc(F)cc2Cl)NC(=O)N[C@H]1CC. The lowest BCUT2D eigenvalue weighted by atomic mass is 10.0. The normalized spacial score (nSPS) is 17.2. The van der Waals surface area contributed by atoms with Gasteiger partial charge in [0, 0.05) is 0 Å². The van der Waals surface area contributed by atoms with E-state index in [1.807, 2.05) is 6.92 Å². The first-order valence-corrected chi connectivity index (χ1v) is 7.89. The monoisotopic (exact) mass is 356 g/mol. The molecule has 0 radical (unpaired) electrons. The molecular formula is C16H18ClFN2O4. The smallest absolute Gasteiger partial charge is 0.338 e. The van der Waals surface area contributed by atoms with E-state index in [1.54, 1.807) is 6.92 Å². The molecule has 2 rings (SSSR count). The first kappa shape index (κ1) is 18.1. The van der Waals surface area contributed by atoms with Gasteiger partial charge >= 0.3 is 12.0 Å². The van der Waals surface area contributed by atoms with Gasteiger partial charge in [-0.25, -0.2) is 14.0 Å². The number of hydrogen-bond donors (Lipinski definition) is 2. The highest BCUT2D eigenvalue weighted by atomic mass is 35.5. The van der Waals surface area contributed by atoms with Crippen LogP contribution in [0.4, 0.5) is 9.18 Å². The van der Waals surface area contributed by atoms with Gasteiger partial charge in [0.05, 0.1) is 28.9 Å². The van der Waals surface area contributed by atoms with Crippen molar-refractivity contribution in [2.24, 2.45) is 0 Å². The molecule has 1 heterocycles. The maximum absolute atomic E-state index is 13.1. The minimum absolute atomic E-state index is 0.0978. The van der Waals surface area contributed by atoms with Gasteiger partial charge in [0.15, 0.2) is 0 Å². The second-order valence-electron chi connectivity index (χ2n) is 5.04. The minimum Gasteiger partial charge on any atom is -0.486 e. The predicted octanol–water partition coefficient (Wildman–Crippen LogP) is 2.77. The Kier molecular flexibility index (Phi) is 6.03. The number of carbonyl (C=O) groups is 2. The van der Waals surface area contributed by atoms with Crippen molar-refractivity contribution < 1.29 is 23.5 Å². The summed E-state index contributed by atoms with van der Waals surface area (Å²) in [5.41, 5.74) is 0.599. The summed E-state index contributed by atoms with van der Waals surface area (Å²) in [6.45, 7) is 3.64. The zero-order valence-electron chi connectivity index (χ0n) is 13.3. The van der Waals surface area contributed by atoms with E-state index in [1.165, 1.54) is 12.1 Å². The summed E-state index contributed by atoms with van der Waals surface area (Å²) >= 11 is 5.91. The Morgan fingerprint density at radius 3 is 2.75 bits per heavy atom. The molecule has 8 heteroatoms. The molecule has 130 valence electrons. The molecule has 6 nitrogen and oxygen atoms in total. The van der Waals surface area contributed by atoms with Crippen LogP contribution in [0, 0.1) is 5.82 Å². The molecule has 2 amide bonds. The Morgan fingerprint density at radius 2 is 2.12 bits per heavy atom. The van der Waals surface area contributed by atoms with Crippen LogP contribution in [0.5, 0.6) is 5.75 Å². The minimum atomic E-state index is -0.527. The van der Waals surface area contributed by atoms with Gasteiger partial charge in [0.25, 0.3) is 0 Å². The number of carbonyl (C=O) groups excluding carboxylic acids is 2. The second kappa shape index (κ2) is 8.01. The van der Waals surface area contributed by atoms with Gasteiger partial charge in [0.1, 0.15) is 18.2 Å². The second-order valence-corrected chi connectivity index (χ2v) is 5.44. The number of ether oxygens (including phenoxy) is 2. The number of amides is 2. The van der Waals surface area contributed by atoms with Crippen LogP contribution >= 0.6 is 11.6 Å². The van der Waals surface area contributed by atoms with Gasteiger partial charge in [-0.05, 0) is 31.5 Å². The molecule has 24 heavy (non-hydrogen) atoms. The first-order valence-electron chi connectivity index (χ1n) is 7.51. The maximum atomic E-state index is 13.1. The van der Waals surface area contributed by atoms with E-state index in [9.17, 15) is 14.0 Å². The van der Waals surface area contributed by atoms with Gasteiger partial charge in [-0.15, -0.1) is 0 Å². The van der Waals surface area contributed by atoms with E-state index in [4.69, 9.17) is 21.1 Å². The largest absolute Gasteiger partial charge is 0.486 e. The molecule has 0 bridgehead atoms. The zero-order valence-corrected chi connectivity index (χ0v) is 14.1. The summed E-state index contributed by atoms with van der Waals surface area (Å²) in [5.74, 6) is -0.768. The van der Waals surface area contributed by atoms with Crippen LogP contribution in [0.25, 0.3) is 0 Å². The Bertz CT molecular complexity index is 678. The lowest BCUT2D eigenvalue weighted by Gasteiger charge is -2.28.